The first kappa shape index (κ1) is 77.2. The molecule has 0 saturated heterocycles. The van der Waals surface area contributed by atoms with Crippen LogP contribution in [0.4, 0.5) is 0 Å². The summed E-state index contributed by atoms with van der Waals surface area (Å²) in [6.45, 7) is 24.5. The van der Waals surface area contributed by atoms with Crippen molar-refractivity contribution in [3.05, 3.63) is 358 Å². The van der Waals surface area contributed by atoms with Crippen LogP contribution >= 0.6 is 34.4 Å². The van der Waals surface area contributed by atoms with Crippen molar-refractivity contribution in [3.8, 4) is 69.0 Å². The van der Waals surface area contributed by atoms with Gasteiger partial charge in [0.25, 0.3) is 0 Å². The van der Waals surface area contributed by atoms with Gasteiger partial charge in [0.1, 0.15) is 0 Å². The van der Waals surface area contributed by atoms with Crippen LogP contribution in [0.25, 0.3) is 0 Å². The summed E-state index contributed by atoms with van der Waals surface area (Å²) in [5.74, 6) is 8.82. The van der Waals surface area contributed by atoms with Gasteiger partial charge in [0.2, 0.25) is 0 Å². The molecule has 12 aromatic carbocycles. The van der Waals surface area contributed by atoms with Gasteiger partial charge in [-0.1, -0.05) is 212 Å². The Bertz CT molecular complexity index is 3310. The molecule has 0 N–H and O–H groups in total. The zero-order valence-corrected chi connectivity index (χ0v) is 63.9. The van der Waals surface area contributed by atoms with E-state index < -0.39 is 34.4 Å². The predicted octanol–water partition coefficient (Wildman–Crippen LogP) is 24.4. The van der Waals surface area contributed by atoms with E-state index in [0.717, 1.165) is 69.0 Å². The number of aryl methyl sites for hydroxylation is 12. The molecule has 0 saturated carbocycles. The molecular weight excluding hydrogens is 1380 g/mol. The monoisotopic (exact) mass is 1470 g/mol. The number of hydrogen-bond acceptors (Lipinski definition) is 12. The summed E-state index contributed by atoms with van der Waals surface area (Å²) in [7, 11) is -8.16. The number of rotatable bonds is 24. The van der Waals surface area contributed by atoms with Crippen LogP contribution in [0.3, 0.4) is 0 Å². The fourth-order valence-corrected chi connectivity index (χ4v) is 13.1. The molecule has 0 aliphatic rings. The van der Waals surface area contributed by atoms with E-state index in [9.17, 15) is 0 Å². The summed E-state index contributed by atoms with van der Waals surface area (Å²) in [6.07, 6.45) is 0. The van der Waals surface area contributed by atoms with Gasteiger partial charge in [0.05, 0.1) is 0 Å². The summed E-state index contributed by atoms with van der Waals surface area (Å²) in [5.41, 5.74) is 14.2. The Morgan fingerprint density at radius 2 is 0.178 bits per heavy atom. The van der Waals surface area contributed by atoms with Crippen LogP contribution in [0.5, 0.6) is 69.0 Å². The molecule has 101 heavy (non-hydrogen) atoms. The van der Waals surface area contributed by atoms with Crippen molar-refractivity contribution in [1.29, 1.82) is 0 Å². The van der Waals surface area contributed by atoms with E-state index in [1.54, 1.807) is 0 Å². The fraction of sp³-hybridized carbons (Fsp3) is 0.143. The molecule has 12 nitrogen and oxygen atoms in total. The molecule has 0 radical (unpaired) electrons. The van der Waals surface area contributed by atoms with E-state index in [0.29, 0.717) is 0 Å². The third-order valence-electron chi connectivity index (χ3n) is 14.7. The summed E-state index contributed by atoms with van der Waals surface area (Å²) in [5, 5.41) is 0. The molecule has 522 valence electrons. The molecule has 0 aliphatic carbocycles. The van der Waals surface area contributed by atoms with Crippen molar-refractivity contribution in [2.24, 2.45) is 0 Å². The Kier molecular flexibility index (Phi) is 30.6. The van der Waals surface area contributed by atoms with Crippen LogP contribution in [0, 0.1) is 83.1 Å². The van der Waals surface area contributed by atoms with Gasteiger partial charge in [-0.25, -0.2) is 0 Å². The summed E-state index contributed by atoms with van der Waals surface area (Å²) in [4.78, 5) is 0. The van der Waals surface area contributed by atoms with Crippen molar-refractivity contribution < 1.29 is 70.8 Å². The zero-order valence-electron chi connectivity index (χ0n) is 58.9. The van der Waals surface area contributed by atoms with Crippen LogP contribution in [-0.4, -0.2) is 0 Å². The SMILES string of the molecule is Cc1ccc(O[PH+](Oc2ccc(C)cc2)Oc2ccc(C)cc2)cc1.Cc1ccc(O[PH+](Oc2ccc(C)cc2)Oc2ccc(C)cc2)cc1.Cc1ccc(O[PH+](Oc2ccc(C)cc2)Oc2ccc(C)cc2)cc1.Cc1ccc(O[PH+](Oc2ccc(C)cc2)Oc2ccc(C)cc2)cc1.[Ni]. The van der Waals surface area contributed by atoms with Gasteiger partial charge in [0, 0.05) is 16.5 Å². The molecule has 17 heteroatoms. The predicted molar refractivity (Wildman–Crippen MR) is 415 cm³/mol. The summed E-state index contributed by atoms with van der Waals surface area (Å²) >= 11 is 0. The van der Waals surface area contributed by atoms with Crippen LogP contribution in [-0.2, 0) is 16.5 Å². The third-order valence-corrected chi connectivity index (χ3v) is 19.5. The molecule has 12 rings (SSSR count). The molecule has 0 spiro atoms. The van der Waals surface area contributed by atoms with Crippen molar-refractivity contribution in [2.45, 2.75) is 83.1 Å². The minimum atomic E-state index is -2.04. The van der Waals surface area contributed by atoms with Gasteiger partial charge in [0.15, 0.2) is 69.0 Å². The maximum Gasteiger partial charge on any atom is 0.528 e. The van der Waals surface area contributed by atoms with Gasteiger partial charge >= 0.3 is 34.4 Å². The Hall–Kier alpha value is -9.55. The first-order chi connectivity index (χ1) is 48.3. The number of benzene rings is 12. The average molecular weight is 1470 g/mol. The van der Waals surface area contributed by atoms with E-state index in [-0.39, 0.29) is 16.5 Å². The third kappa shape index (κ3) is 28.2. The van der Waals surface area contributed by atoms with E-state index in [4.69, 9.17) is 54.3 Å². The van der Waals surface area contributed by atoms with Crippen molar-refractivity contribution in [3.63, 3.8) is 0 Å². The maximum atomic E-state index is 6.00. The van der Waals surface area contributed by atoms with Crippen molar-refractivity contribution in [1.82, 2.24) is 0 Å². The van der Waals surface area contributed by atoms with Crippen molar-refractivity contribution >= 4 is 34.4 Å². The minimum Gasteiger partial charge on any atom is -0.273 e. The Morgan fingerprint density at radius 3 is 0.238 bits per heavy atom. The maximum absolute atomic E-state index is 6.00. The van der Waals surface area contributed by atoms with Gasteiger partial charge in [-0.05, 0) is 229 Å². The second-order valence-corrected chi connectivity index (χ2v) is 28.4. The zero-order chi connectivity index (χ0) is 70.6. The van der Waals surface area contributed by atoms with Gasteiger partial charge in [-0.2, -0.15) is 0 Å². The first-order valence-corrected chi connectivity index (χ1v) is 37.7. The normalized spacial score (nSPS) is 10.5. The Balaban J connectivity index is 0.000000171. The minimum absolute atomic E-state index is 0. The molecule has 0 bridgehead atoms. The molecule has 0 fully saturated rings. The molecule has 0 unspecified atom stereocenters. The number of hydrogen-bond donors (Lipinski definition) is 0. The second-order valence-electron chi connectivity index (χ2n) is 24.0. The smallest absolute Gasteiger partial charge is 0.273 e. The van der Waals surface area contributed by atoms with Crippen LogP contribution in [0.15, 0.2) is 291 Å². The molecule has 0 amide bonds. The van der Waals surface area contributed by atoms with E-state index in [1.165, 1.54) is 66.8 Å². The topological polar surface area (TPSA) is 111 Å². The summed E-state index contributed by atoms with van der Waals surface area (Å²) < 4.78 is 71.9. The van der Waals surface area contributed by atoms with Gasteiger partial charge < -0.3 is 0 Å². The Labute approximate surface area is 611 Å². The molecule has 0 aromatic heterocycles. The van der Waals surface area contributed by atoms with Gasteiger partial charge in [-0.15, -0.1) is 0 Å². The van der Waals surface area contributed by atoms with Crippen LogP contribution in [0.1, 0.15) is 66.8 Å². The summed E-state index contributed by atoms with van der Waals surface area (Å²) in [6, 6.07) is 94.4. The van der Waals surface area contributed by atoms with Crippen LogP contribution in [0.2, 0.25) is 0 Å². The molecule has 0 aliphatic heterocycles. The average Bonchev–Trinajstić information content (AvgIpc) is 0.920. The molecule has 12 aromatic rings. The van der Waals surface area contributed by atoms with Crippen molar-refractivity contribution in [2.75, 3.05) is 0 Å². The molecule has 0 heterocycles. The molecular formula is C84H88NiO12P4+4. The van der Waals surface area contributed by atoms with Crippen LogP contribution < -0.4 is 54.3 Å². The quantitative estimate of drug-likeness (QED) is 0.0424. The largest absolute Gasteiger partial charge is 0.528 e. The van der Waals surface area contributed by atoms with E-state index >= 15 is 0 Å². The standard InChI is InChI=1S/4C21H22O3P.Ni/c4*1-16-4-10-19(11-5-16)22-25(23-20-12-6-17(2)7-13-20)24-21-14-8-18(3)9-15-21;/h4*4-15,25H,1-3H3;/q4*+1;. The second kappa shape index (κ2) is 40.0. The van der Waals surface area contributed by atoms with Gasteiger partial charge in [-0.3, -0.25) is 54.3 Å². The van der Waals surface area contributed by atoms with E-state index in [2.05, 4.69) is 0 Å². The Morgan fingerprint density at radius 1 is 0.119 bits per heavy atom. The fourth-order valence-electron chi connectivity index (χ4n) is 8.68. The molecule has 0 atom stereocenters. The first-order valence-electron chi connectivity index (χ1n) is 32.8. The van der Waals surface area contributed by atoms with E-state index in [1.807, 2.05) is 374 Å².